The van der Waals surface area contributed by atoms with Gasteiger partial charge in [-0.15, -0.1) is 0 Å². The predicted octanol–water partition coefficient (Wildman–Crippen LogP) is 0.904. The van der Waals surface area contributed by atoms with Gasteiger partial charge >= 0.3 is 5.97 Å². The van der Waals surface area contributed by atoms with E-state index in [-0.39, 0.29) is 18.2 Å². The Bertz CT molecular complexity index is 548. The summed E-state index contributed by atoms with van der Waals surface area (Å²) in [6.07, 6.45) is 3.80. The zero-order valence-electron chi connectivity index (χ0n) is 13.6. The van der Waals surface area contributed by atoms with E-state index in [9.17, 15) is 18.0 Å². The second-order valence-electron chi connectivity index (χ2n) is 6.40. The Morgan fingerprint density at radius 3 is 2.52 bits per heavy atom. The molecule has 132 valence electrons. The third-order valence-corrected chi connectivity index (χ3v) is 6.64. The number of nitrogens with zero attached hydrogens (tertiary/aromatic N) is 2. The van der Waals surface area contributed by atoms with Gasteiger partial charge in [0.25, 0.3) is 0 Å². The summed E-state index contributed by atoms with van der Waals surface area (Å²) >= 11 is 0. The molecule has 2 fully saturated rings. The van der Waals surface area contributed by atoms with Crippen LogP contribution in [0.4, 0.5) is 0 Å². The molecule has 1 amide bonds. The van der Waals surface area contributed by atoms with E-state index >= 15 is 0 Å². The van der Waals surface area contributed by atoms with Crippen molar-refractivity contribution in [3.63, 3.8) is 0 Å². The number of amides is 1. The number of piperidine rings is 1. The van der Waals surface area contributed by atoms with Crippen molar-refractivity contribution in [2.75, 3.05) is 25.4 Å². The van der Waals surface area contributed by atoms with Crippen LogP contribution in [0.2, 0.25) is 0 Å². The van der Waals surface area contributed by atoms with Crippen molar-refractivity contribution in [3.05, 3.63) is 0 Å². The summed E-state index contributed by atoms with van der Waals surface area (Å²) in [5, 5.41) is 9.14. The molecule has 0 aromatic carbocycles. The summed E-state index contributed by atoms with van der Waals surface area (Å²) in [6.45, 7) is 3.02. The van der Waals surface area contributed by atoms with Crippen LogP contribution in [-0.4, -0.2) is 66.0 Å². The fraction of sp³-hybridized carbons (Fsp3) is 0.867. The van der Waals surface area contributed by atoms with E-state index in [0.717, 1.165) is 6.42 Å². The Hall–Kier alpha value is -1.15. The minimum Gasteiger partial charge on any atom is -0.481 e. The monoisotopic (exact) mass is 346 g/mol. The van der Waals surface area contributed by atoms with Gasteiger partial charge < -0.3 is 10.0 Å². The summed E-state index contributed by atoms with van der Waals surface area (Å²) in [6, 6.07) is -0.649. The van der Waals surface area contributed by atoms with Crippen LogP contribution in [0.5, 0.6) is 0 Å². The number of carbonyl (C=O) groups is 2. The lowest BCUT2D eigenvalue weighted by Crippen LogP contribution is -2.51. The number of carboxylic acids is 1. The second-order valence-corrected chi connectivity index (χ2v) is 8.44. The first kappa shape index (κ1) is 18.2. The van der Waals surface area contributed by atoms with Crippen molar-refractivity contribution in [1.82, 2.24) is 9.21 Å². The lowest BCUT2D eigenvalue weighted by molar-refractivity contribution is -0.146. The first-order valence-corrected chi connectivity index (χ1v) is 9.99. The van der Waals surface area contributed by atoms with E-state index in [0.29, 0.717) is 45.2 Å². The molecular formula is C15H26N2O5S. The molecular weight excluding hydrogens is 320 g/mol. The van der Waals surface area contributed by atoms with E-state index in [4.69, 9.17) is 5.11 Å². The maximum atomic E-state index is 12.7. The quantitative estimate of drug-likeness (QED) is 0.771. The fourth-order valence-electron chi connectivity index (χ4n) is 3.35. The summed E-state index contributed by atoms with van der Waals surface area (Å²) in [4.78, 5) is 25.4. The van der Waals surface area contributed by atoms with Gasteiger partial charge in [-0.3, -0.25) is 9.59 Å². The van der Waals surface area contributed by atoms with E-state index in [2.05, 4.69) is 0 Å². The molecule has 0 aromatic heterocycles. The first-order valence-electron chi connectivity index (χ1n) is 8.38. The van der Waals surface area contributed by atoms with E-state index in [1.165, 1.54) is 4.31 Å². The lowest BCUT2D eigenvalue weighted by atomic mass is 9.97. The van der Waals surface area contributed by atoms with Gasteiger partial charge in [0.15, 0.2) is 0 Å². The molecule has 7 nitrogen and oxygen atoms in total. The third-order valence-electron chi connectivity index (χ3n) is 4.68. The number of likely N-dealkylation sites (tertiary alicyclic amines) is 1. The van der Waals surface area contributed by atoms with Crippen LogP contribution in [0.3, 0.4) is 0 Å². The van der Waals surface area contributed by atoms with Gasteiger partial charge in [-0.1, -0.05) is 13.3 Å². The number of sulfonamides is 1. The molecule has 0 aromatic rings. The minimum absolute atomic E-state index is 0.0744. The molecule has 0 radical (unpaired) electrons. The molecule has 0 saturated carbocycles. The highest BCUT2D eigenvalue weighted by atomic mass is 32.2. The van der Waals surface area contributed by atoms with E-state index in [1.54, 1.807) is 4.90 Å². The third kappa shape index (κ3) is 4.23. The molecule has 2 aliphatic heterocycles. The highest BCUT2D eigenvalue weighted by Gasteiger charge is 2.41. The number of aliphatic carboxylic acids is 1. The SMILES string of the molecule is CCCCS(=O)(=O)N1CCCC1C(=O)N1CCC[C@H](C(=O)O)C1. The van der Waals surface area contributed by atoms with Crippen molar-refractivity contribution in [3.8, 4) is 0 Å². The zero-order chi connectivity index (χ0) is 17.0. The molecule has 1 unspecified atom stereocenters. The summed E-state index contributed by atoms with van der Waals surface area (Å²) in [5.41, 5.74) is 0. The molecule has 2 aliphatic rings. The molecule has 0 spiro atoms. The van der Waals surface area contributed by atoms with Crippen molar-refractivity contribution in [2.45, 2.75) is 51.5 Å². The van der Waals surface area contributed by atoms with Crippen LogP contribution in [0, 0.1) is 5.92 Å². The molecule has 2 heterocycles. The Kier molecular flexibility index (Phi) is 6.02. The van der Waals surface area contributed by atoms with Crippen molar-refractivity contribution in [1.29, 1.82) is 0 Å². The summed E-state index contributed by atoms with van der Waals surface area (Å²) in [5.74, 6) is -1.58. The Labute approximate surface area is 137 Å². The first-order chi connectivity index (χ1) is 10.9. The van der Waals surface area contributed by atoms with Crippen LogP contribution in [0.15, 0.2) is 0 Å². The van der Waals surface area contributed by atoms with Gasteiger partial charge in [-0.2, -0.15) is 4.31 Å². The number of hydrogen-bond acceptors (Lipinski definition) is 4. The maximum Gasteiger partial charge on any atom is 0.308 e. The summed E-state index contributed by atoms with van der Waals surface area (Å²) in [7, 11) is -3.42. The Morgan fingerprint density at radius 2 is 1.87 bits per heavy atom. The lowest BCUT2D eigenvalue weighted by Gasteiger charge is -2.34. The van der Waals surface area contributed by atoms with Crippen LogP contribution >= 0.6 is 0 Å². The van der Waals surface area contributed by atoms with Crippen LogP contribution in [0.25, 0.3) is 0 Å². The number of unbranched alkanes of at least 4 members (excludes halogenated alkanes) is 1. The Morgan fingerprint density at radius 1 is 1.17 bits per heavy atom. The standard InChI is InChI=1S/C15H26N2O5S/c1-2-3-10-23(21,22)17-9-5-7-13(17)14(18)16-8-4-6-12(11-16)15(19)20/h12-13H,2-11H2,1H3,(H,19,20)/t12-,13?/m0/s1. The second kappa shape index (κ2) is 7.61. The van der Waals surface area contributed by atoms with Gasteiger partial charge in [0.1, 0.15) is 6.04 Å². The van der Waals surface area contributed by atoms with Crippen LogP contribution in [0.1, 0.15) is 45.4 Å². The van der Waals surface area contributed by atoms with Gasteiger partial charge in [-0.05, 0) is 32.1 Å². The zero-order valence-corrected chi connectivity index (χ0v) is 14.4. The highest BCUT2D eigenvalue weighted by molar-refractivity contribution is 7.89. The van der Waals surface area contributed by atoms with Crippen molar-refractivity contribution >= 4 is 21.9 Å². The maximum absolute atomic E-state index is 12.7. The number of carboxylic acid groups (broad SMARTS) is 1. The average Bonchev–Trinajstić information content (AvgIpc) is 3.03. The van der Waals surface area contributed by atoms with Gasteiger partial charge in [0.2, 0.25) is 15.9 Å². The minimum atomic E-state index is -3.42. The topological polar surface area (TPSA) is 95.0 Å². The smallest absolute Gasteiger partial charge is 0.308 e. The van der Waals surface area contributed by atoms with Gasteiger partial charge in [-0.25, -0.2) is 8.42 Å². The molecule has 2 atom stereocenters. The average molecular weight is 346 g/mol. The van der Waals surface area contributed by atoms with Gasteiger partial charge in [0.05, 0.1) is 11.7 Å². The number of hydrogen-bond donors (Lipinski definition) is 1. The predicted molar refractivity (Wildman–Crippen MR) is 85.4 cm³/mol. The van der Waals surface area contributed by atoms with Crippen molar-refractivity contribution < 1.29 is 23.1 Å². The molecule has 8 heteroatoms. The largest absolute Gasteiger partial charge is 0.481 e. The number of carbonyl (C=O) groups excluding carboxylic acids is 1. The fourth-order valence-corrected chi connectivity index (χ4v) is 5.23. The van der Waals surface area contributed by atoms with Crippen molar-refractivity contribution in [2.24, 2.45) is 5.92 Å². The normalized spacial score (nSPS) is 26.4. The van der Waals surface area contributed by atoms with E-state index < -0.39 is 28.0 Å². The highest BCUT2D eigenvalue weighted by Crippen LogP contribution is 2.26. The molecule has 0 aliphatic carbocycles. The number of rotatable bonds is 6. The molecule has 2 saturated heterocycles. The Balaban J connectivity index is 2.07. The van der Waals surface area contributed by atoms with Crippen LogP contribution in [-0.2, 0) is 19.6 Å². The molecule has 1 N–H and O–H groups in total. The molecule has 0 bridgehead atoms. The van der Waals surface area contributed by atoms with Crippen LogP contribution < -0.4 is 0 Å². The van der Waals surface area contributed by atoms with E-state index in [1.807, 2.05) is 6.92 Å². The summed E-state index contributed by atoms with van der Waals surface area (Å²) < 4.78 is 26.2. The molecule has 2 rings (SSSR count). The van der Waals surface area contributed by atoms with Gasteiger partial charge in [0, 0.05) is 19.6 Å². The molecule has 23 heavy (non-hydrogen) atoms.